The van der Waals surface area contributed by atoms with Crippen molar-refractivity contribution in [3.8, 4) is 0 Å². The van der Waals surface area contributed by atoms with Crippen molar-refractivity contribution in [3.63, 3.8) is 0 Å². The molecule has 1 N–H and O–H groups in total. The molecule has 0 aromatic heterocycles. The topological polar surface area (TPSA) is 12.0 Å². The highest BCUT2D eigenvalue weighted by Crippen LogP contribution is 2.28. The van der Waals surface area contributed by atoms with Crippen molar-refractivity contribution >= 4 is 0 Å². The molecule has 0 aliphatic heterocycles. The molecular weight excluding hydrogens is 196 g/mol. The van der Waals surface area contributed by atoms with E-state index in [1.165, 1.54) is 25.0 Å². The summed E-state index contributed by atoms with van der Waals surface area (Å²) in [4.78, 5) is 0. The molecule has 3 heteroatoms. The standard InChI is InChI=1S/C12H15F2N/c1-8(15-7-9-2-3-9)11-5-4-10(13)6-12(11)14/h4-6,8-9,15H,2-3,7H2,1H3. The number of benzene rings is 1. The van der Waals surface area contributed by atoms with Gasteiger partial charge in [-0.2, -0.15) is 0 Å². The highest BCUT2D eigenvalue weighted by atomic mass is 19.1. The van der Waals surface area contributed by atoms with Gasteiger partial charge in [-0.05, 0) is 38.3 Å². The fourth-order valence-corrected chi connectivity index (χ4v) is 1.63. The molecule has 1 unspecified atom stereocenters. The molecular formula is C12H15F2N. The maximum atomic E-state index is 13.4. The molecule has 0 bridgehead atoms. The van der Waals surface area contributed by atoms with Gasteiger partial charge in [0.25, 0.3) is 0 Å². The van der Waals surface area contributed by atoms with Gasteiger partial charge in [0, 0.05) is 17.7 Å². The van der Waals surface area contributed by atoms with Crippen LogP contribution in [0.3, 0.4) is 0 Å². The summed E-state index contributed by atoms with van der Waals surface area (Å²) in [5, 5.41) is 3.26. The van der Waals surface area contributed by atoms with Crippen LogP contribution in [0.1, 0.15) is 31.4 Å². The number of halogens is 2. The first-order valence-electron chi connectivity index (χ1n) is 5.35. The van der Waals surface area contributed by atoms with E-state index in [-0.39, 0.29) is 6.04 Å². The van der Waals surface area contributed by atoms with Crippen molar-refractivity contribution in [2.75, 3.05) is 6.54 Å². The van der Waals surface area contributed by atoms with Gasteiger partial charge in [-0.3, -0.25) is 0 Å². The van der Waals surface area contributed by atoms with Crippen LogP contribution in [0.15, 0.2) is 18.2 Å². The predicted octanol–water partition coefficient (Wildman–Crippen LogP) is 3.03. The first-order chi connectivity index (χ1) is 7.16. The maximum Gasteiger partial charge on any atom is 0.130 e. The Labute approximate surface area is 88.5 Å². The van der Waals surface area contributed by atoms with Crippen LogP contribution in [0.2, 0.25) is 0 Å². The second kappa shape index (κ2) is 4.27. The van der Waals surface area contributed by atoms with Crippen LogP contribution in [-0.2, 0) is 0 Å². The summed E-state index contributed by atoms with van der Waals surface area (Å²) in [5.74, 6) is -0.229. The third-order valence-electron chi connectivity index (χ3n) is 2.84. The van der Waals surface area contributed by atoms with Crippen LogP contribution in [-0.4, -0.2) is 6.54 Å². The molecule has 0 saturated heterocycles. The second-order valence-electron chi connectivity index (χ2n) is 4.24. The summed E-state index contributed by atoms with van der Waals surface area (Å²) in [6.45, 7) is 2.83. The normalized spacial score (nSPS) is 17.8. The fourth-order valence-electron chi connectivity index (χ4n) is 1.63. The lowest BCUT2D eigenvalue weighted by atomic mass is 10.1. The van der Waals surface area contributed by atoms with E-state index in [1.54, 1.807) is 0 Å². The Balaban J connectivity index is 1.99. The van der Waals surface area contributed by atoms with Gasteiger partial charge in [-0.1, -0.05) is 6.07 Å². The van der Waals surface area contributed by atoms with Crippen LogP contribution < -0.4 is 5.32 Å². The van der Waals surface area contributed by atoms with E-state index in [9.17, 15) is 8.78 Å². The molecule has 1 aromatic rings. The average Bonchev–Trinajstić information content (AvgIpc) is 2.97. The first kappa shape index (κ1) is 10.6. The molecule has 1 saturated carbocycles. The van der Waals surface area contributed by atoms with Gasteiger partial charge in [-0.15, -0.1) is 0 Å². The summed E-state index contributed by atoms with van der Waals surface area (Å²) in [5.41, 5.74) is 0.539. The zero-order chi connectivity index (χ0) is 10.8. The molecule has 0 radical (unpaired) electrons. The smallest absolute Gasteiger partial charge is 0.130 e. The minimum atomic E-state index is -0.523. The largest absolute Gasteiger partial charge is 0.310 e. The molecule has 82 valence electrons. The minimum absolute atomic E-state index is 0.0498. The maximum absolute atomic E-state index is 13.4. The Morgan fingerprint density at radius 2 is 2.13 bits per heavy atom. The van der Waals surface area contributed by atoms with Crippen LogP contribution >= 0.6 is 0 Å². The lowest BCUT2D eigenvalue weighted by molar-refractivity contribution is 0.507. The molecule has 0 heterocycles. The van der Waals surface area contributed by atoms with Crippen LogP contribution in [0, 0.1) is 17.6 Å². The van der Waals surface area contributed by atoms with E-state index in [0.29, 0.717) is 5.56 Å². The van der Waals surface area contributed by atoms with Crippen LogP contribution in [0.5, 0.6) is 0 Å². The lowest BCUT2D eigenvalue weighted by Gasteiger charge is -2.14. The van der Waals surface area contributed by atoms with Gasteiger partial charge >= 0.3 is 0 Å². The van der Waals surface area contributed by atoms with Gasteiger partial charge in [0.05, 0.1) is 0 Å². The second-order valence-corrected chi connectivity index (χ2v) is 4.24. The van der Waals surface area contributed by atoms with E-state index in [4.69, 9.17) is 0 Å². The molecule has 2 rings (SSSR count). The third-order valence-corrected chi connectivity index (χ3v) is 2.84. The number of rotatable bonds is 4. The van der Waals surface area contributed by atoms with Crippen molar-refractivity contribution in [2.45, 2.75) is 25.8 Å². The van der Waals surface area contributed by atoms with Crippen LogP contribution in [0.4, 0.5) is 8.78 Å². The Kier molecular flexibility index (Phi) is 3.00. The highest BCUT2D eigenvalue weighted by molar-refractivity contribution is 5.21. The highest BCUT2D eigenvalue weighted by Gasteiger charge is 2.22. The Bertz CT molecular complexity index is 347. The number of hydrogen-bond donors (Lipinski definition) is 1. The van der Waals surface area contributed by atoms with Gasteiger partial charge in [0.2, 0.25) is 0 Å². The van der Waals surface area contributed by atoms with E-state index in [1.807, 2.05) is 6.92 Å². The Hall–Kier alpha value is -0.960. The van der Waals surface area contributed by atoms with Gasteiger partial charge in [0.1, 0.15) is 11.6 Å². The predicted molar refractivity (Wildman–Crippen MR) is 55.5 cm³/mol. The Morgan fingerprint density at radius 1 is 1.40 bits per heavy atom. The van der Waals surface area contributed by atoms with E-state index in [2.05, 4.69) is 5.32 Å². The Morgan fingerprint density at radius 3 is 2.73 bits per heavy atom. The van der Waals surface area contributed by atoms with E-state index in [0.717, 1.165) is 18.5 Å². The van der Waals surface area contributed by atoms with Crippen molar-refractivity contribution in [3.05, 3.63) is 35.4 Å². The summed E-state index contributed by atoms with van der Waals surface area (Å²) < 4.78 is 26.0. The molecule has 0 spiro atoms. The van der Waals surface area contributed by atoms with Gasteiger partial charge < -0.3 is 5.32 Å². The molecule has 1 aliphatic carbocycles. The molecule has 1 aromatic carbocycles. The summed E-state index contributed by atoms with van der Waals surface area (Å²) in [7, 11) is 0. The van der Waals surface area contributed by atoms with Crippen molar-refractivity contribution in [1.82, 2.24) is 5.32 Å². The van der Waals surface area contributed by atoms with Gasteiger partial charge in [0.15, 0.2) is 0 Å². The van der Waals surface area contributed by atoms with Crippen molar-refractivity contribution < 1.29 is 8.78 Å². The van der Waals surface area contributed by atoms with Gasteiger partial charge in [-0.25, -0.2) is 8.78 Å². The zero-order valence-electron chi connectivity index (χ0n) is 8.76. The van der Waals surface area contributed by atoms with E-state index < -0.39 is 11.6 Å². The first-order valence-corrected chi connectivity index (χ1v) is 5.35. The molecule has 15 heavy (non-hydrogen) atoms. The zero-order valence-corrected chi connectivity index (χ0v) is 8.76. The number of hydrogen-bond acceptors (Lipinski definition) is 1. The van der Waals surface area contributed by atoms with Crippen molar-refractivity contribution in [2.24, 2.45) is 5.92 Å². The van der Waals surface area contributed by atoms with Crippen molar-refractivity contribution in [1.29, 1.82) is 0 Å². The molecule has 0 amide bonds. The fraction of sp³-hybridized carbons (Fsp3) is 0.500. The third kappa shape index (κ3) is 2.75. The monoisotopic (exact) mass is 211 g/mol. The van der Waals surface area contributed by atoms with E-state index >= 15 is 0 Å². The summed E-state index contributed by atoms with van der Waals surface area (Å²) in [6.07, 6.45) is 2.54. The quantitative estimate of drug-likeness (QED) is 0.807. The number of nitrogens with one attached hydrogen (secondary N) is 1. The molecule has 1 fully saturated rings. The molecule has 1 atom stereocenters. The minimum Gasteiger partial charge on any atom is -0.310 e. The SMILES string of the molecule is CC(NCC1CC1)c1ccc(F)cc1F. The van der Waals surface area contributed by atoms with Crippen LogP contribution in [0.25, 0.3) is 0 Å². The lowest BCUT2D eigenvalue weighted by Crippen LogP contribution is -2.21. The summed E-state index contributed by atoms with van der Waals surface area (Å²) >= 11 is 0. The average molecular weight is 211 g/mol. The molecule has 1 nitrogen and oxygen atoms in total. The summed E-state index contributed by atoms with van der Waals surface area (Å²) in [6, 6.07) is 3.69. The molecule has 1 aliphatic rings.